The Hall–Kier alpha value is -1.23. The van der Waals surface area contributed by atoms with Gasteiger partial charge in [-0.05, 0) is 24.5 Å². The van der Waals surface area contributed by atoms with Gasteiger partial charge in [0.15, 0.2) is 0 Å². The molecule has 0 spiro atoms. The molecule has 0 amide bonds. The fourth-order valence-corrected chi connectivity index (χ4v) is 2.97. The summed E-state index contributed by atoms with van der Waals surface area (Å²) in [4.78, 5) is 4.19. The fourth-order valence-electron chi connectivity index (χ4n) is 2.97. The van der Waals surface area contributed by atoms with E-state index in [0.717, 1.165) is 19.6 Å². The van der Waals surface area contributed by atoms with Gasteiger partial charge >= 0.3 is 6.18 Å². The molecule has 22 heavy (non-hydrogen) atoms. The maximum Gasteiger partial charge on any atom is 0.418 e. The van der Waals surface area contributed by atoms with Gasteiger partial charge in [0.25, 0.3) is 0 Å². The van der Waals surface area contributed by atoms with Crippen molar-refractivity contribution >= 4 is 5.69 Å². The van der Waals surface area contributed by atoms with Crippen LogP contribution in [0.15, 0.2) is 18.2 Å². The van der Waals surface area contributed by atoms with E-state index in [1.165, 1.54) is 6.07 Å². The first-order valence-corrected chi connectivity index (χ1v) is 7.71. The lowest BCUT2D eigenvalue weighted by atomic mass is 9.95. The van der Waals surface area contributed by atoms with Crippen molar-refractivity contribution in [2.75, 3.05) is 37.6 Å². The number of hydrogen-bond acceptors (Lipinski definition) is 2. The zero-order chi connectivity index (χ0) is 16.5. The minimum absolute atomic E-state index is 0.211. The molecule has 2 nitrogen and oxygen atoms in total. The molecule has 1 aliphatic heterocycles. The Bertz CT molecular complexity index is 510. The van der Waals surface area contributed by atoms with Crippen LogP contribution in [0.1, 0.15) is 31.9 Å². The zero-order valence-electron chi connectivity index (χ0n) is 13.8. The molecular formula is C17H25F3N2. The summed E-state index contributed by atoms with van der Waals surface area (Å²) >= 11 is 0. The predicted octanol–water partition coefficient (Wildman–Crippen LogP) is 4.18. The van der Waals surface area contributed by atoms with Gasteiger partial charge in [-0.2, -0.15) is 13.2 Å². The first-order valence-electron chi connectivity index (χ1n) is 7.71. The van der Waals surface area contributed by atoms with Gasteiger partial charge < -0.3 is 4.90 Å². The lowest BCUT2D eigenvalue weighted by Gasteiger charge is -2.39. The molecule has 1 aliphatic rings. The molecule has 0 bridgehead atoms. The second-order valence-electron chi connectivity index (χ2n) is 7.34. The van der Waals surface area contributed by atoms with Gasteiger partial charge in [-0.3, -0.25) is 4.90 Å². The highest BCUT2D eigenvalue weighted by Gasteiger charge is 2.35. The second-order valence-corrected chi connectivity index (χ2v) is 7.34. The standard InChI is InChI=1S/C17H25F3N2/c1-13-5-6-15(14(11-13)17(18,19)20)22-9-7-21(8-10-22)12-16(2,3)4/h5-6,11H,7-10,12H2,1-4H3. The minimum Gasteiger partial charge on any atom is -0.368 e. The molecule has 1 fully saturated rings. The zero-order valence-corrected chi connectivity index (χ0v) is 13.8. The van der Waals surface area contributed by atoms with Crippen LogP contribution < -0.4 is 4.90 Å². The van der Waals surface area contributed by atoms with E-state index < -0.39 is 11.7 Å². The summed E-state index contributed by atoms with van der Waals surface area (Å²) in [7, 11) is 0. The molecule has 0 radical (unpaired) electrons. The smallest absolute Gasteiger partial charge is 0.368 e. The van der Waals surface area contributed by atoms with E-state index in [-0.39, 0.29) is 5.41 Å². The molecule has 0 aliphatic carbocycles. The third-order valence-electron chi connectivity index (χ3n) is 3.87. The summed E-state index contributed by atoms with van der Waals surface area (Å²) in [5.41, 5.74) is 0.649. The lowest BCUT2D eigenvalue weighted by Crippen LogP contribution is -2.49. The van der Waals surface area contributed by atoms with Gasteiger partial charge in [-0.15, -0.1) is 0 Å². The van der Waals surface area contributed by atoms with E-state index in [9.17, 15) is 13.2 Å². The average Bonchev–Trinajstić information content (AvgIpc) is 2.37. The molecule has 124 valence electrons. The van der Waals surface area contributed by atoms with Crippen LogP contribution >= 0.6 is 0 Å². The minimum atomic E-state index is -4.30. The summed E-state index contributed by atoms with van der Waals surface area (Å²) in [5, 5.41) is 0. The Morgan fingerprint density at radius 2 is 1.59 bits per heavy atom. The maximum absolute atomic E-state index is 13.2. The van der Waals surface area contributed by atoms with Gasteiger partial charge in [-0.25, -0.2) is 0 Å². The molecule has 0 atom stereocenters. The highest BCUT2D eigenvalue weighted by atomic mass is 19.4. The maximum atomic E-state index is 13.2. The first-order chi connectivity index (χ1) is 10.1. The van der Waals surface area contributed by atoms with E-state index in [1.807, 2.05) is 4.90 Å². The quantitative estimate of drug-likeness (QED) is 0.808. The molecular weight excluding hydrogens is 289 g/mol. The number of hydrogen-bond donors (Lipinski definition) is 0. The van der Waals surface area contributed by atoms with Crippen molar-refractivity contribution < 1.29 is 13.2 Å². The van der Waals surface area contributed by atoms with Crippen LogP contribution in [-0.2, 0) is 6.18 Å². The van der Waals surface area contributed by atoms with E-state index in [4.69, 9.17) is 0 Å². The topological polar surface area (TPSA) is 6.48 Å². The number of anilines is 1. The van der Waals surface area contributed by atoms with Crippen molar-refractivity contribution in [2.24, 2.45) is 5.41 Å². The number of rotatable bonds is 2. The molecule has 1 aromatic carbocycles. The molecule has 0 aromatic heterocycles. The van der Waals surface area contributed by atoms with E-state index in [0.29, 0.717) is 24.3 Å². The van der Waals surface area contributed by atoms with Crippen molar-refractivity contribution in [3.05, 3.63) is 29.3 Å². The molecule has 0 saturated carbocycles. The Labute approximate surface area is 130 Å². The van der Waals surface area contributed by atoms with Crippen molar-refractivity contribution in [3.8, 4) is 0 Å². The molecule has 1 aromatic rings. The second kappa shape index (κ2) is 6.11. The number of halogens is 3. The van der Waals surface area contributed by atoms with Crippen LogP contribution in [0.3, 0.4) is 0 Å². The highest BCUT2D eigenvalue weighted by molar-refractivity contribution is 5.56. The van der Waals surface area contributed by atoms with Crippen molar-refractivity contribution in [1.29, 1.82) is 0 Å². The summed E-state index contributed by atoms with van der Waals surface area (Å²) < 4.78 is 39.7. The molecule has 0 N–H and O–H groups in total. The van der Waals surface area contributed by atoms with Crippen LogP contribution in [0.4, 0.5) is 18.9 Å². The van der Waals surface area contributed by atoms with Crippen molar-refractivity contribution in [3.63, 3.8) is 0 Å². The largest absolute Gasteiger partial charge is 0.418 e. The third kappa shape index (κ3) is 4.38. The summed E-state index contributed by atoms with van der Waals surface area (Å²) in [6.07, 6.45) is -4.30. The predicted molar refractivity (Wildman–Crippen MR) is 84.3 cm³/mol. The van der Waals surface area contributed by atoms with Gasteiger partial charge in [-0.1, -0.05) is 32.4 Å². The summed E-state index contributed by atoms with van der Waals surface area (Å²) in [6, 6.07) is 4.61. The number of piperazine rings is 1. The van der Waals surface area contributed by atoms with E-state index in [2.05, 4.69) is 25.7 Å². The van der Waals surface area contributed by atoms with Crippen LogP contribution in [0, 0.1) is 12.3 Å². The Morgan fingerprint density at radius 3 is 2.09 bits per heavy atom. The number of alkyl halides is 3. The SMILES string of the molecule is Cc1ccc(N2CCN(CC(C)(C)C)CC2)c(C(F)(F)F)c1. The number of benzene rings is 1. The number of aryl methyl sites for hydroxylation is 1. The van der Waals surface area contributed by atoms with Gasteiger partial charge in [0.05, 0.1) is 5.56 Å². The Kier molecular flexibility index (Phi) is 4.76. The van der Waals surface area contributed by atoms with Crippen LogP contribution in [-0.4, -0.2) is 37.6 Å². The average molecular weight is 314 g/mol. The molecule has 2 rings (SSSR count). The van der Waals surface area contributed by atoms with E-state index >= 15 is 0 Å². The van der Waals surface area contributed by atoms with Gasteiger partial charge in [0, 0.05) is 38.4 Å². The molecule has 1 saturated heterocycles. The van der Waals surface area contributed by atoms with Crippen LogP contribution in [0.5, 0.6) is 0 Å². The van der Waals surface area contributed by atoms with Gasteiger partial charge in [0.1, 0.15) is 0 Å². The lowest BCUT2D eigenvalue weighted by molar-refractivity contribution is -0.137. The normalized spacial score (nSPS) is 17.9. The highest BCUT2D eigenvalue weighted by Crippen LogP contribution is 2.37. The molecule has 1 heterocycles. The van der Waals surface area contributed by atoms with Gasteiger partial charge in [0.2, 0.25) is 0 Å². The summed E-state index contributed by atoms with van der Waals surface area (Å²) in [6.45, 7) is 12.1. The third-order valence-corrected chi connectivity index (χ3v) is 3.87. The van der Waals surface area contributed by atoms with Crippen molar-refractivity contribution in [1.82, 2.24) is 4.90 Å². The molecule has 5 heteroatoms. The fraction of sp³-hybridized carbons (Fsp3) is 0.647. The molecule has 0 unspecified atom stereocenters. The Morgan fingerprint density at radius 1 is 1.00 bits per heavy atom. The van der Waals surface area contributed by atoms with Crippen molar-refractivity contribution in [2.45, 2.75) is 33.9 Å². The Balaban J connectivity index is 2.12. The first kappa shape index (κ1) is 17.1. The number of nitrogens with zero attached hydrogens (tertiary/aromatic N) is 2. The monoisotopic (exact) mass is 314 g/mol. The van der Waals surface area contributed by atoms with Crippen LogP contribution in [0.2, 0.25) is 0 Å². The van der Waals surface area contributed by atoms with E-state index in [1.54, 1.807) is 19.1 Å². The summed E-state index contributed by atoms with van der Waals surface area (Å²) in [5.74, 6) is 0. The van der Waals surface area contributed by atoms with Crippen LogP contribution in [0.25, 0.3) is 0 Å².